The van der Waals surface area contributed by atoms with Crippen LogP contribution in [0.4, 0.5) is 4.79 Å². The van der Waals surface area contributed by atoms with Crippen LogP contribution in [0.2, 0.25) is 5.02 Å². The van der Waals surface area contributed by atoms with Crippen LogP contribution in [0.1, 0.15) is 25.5 Å². The third-order valence-corrected chi connectivity index (χ3v) is 6.41. The highest BCUT2D eigenvalue weighted by Gasteiger charge is 2.34. The van der Waals surface area contributed by atoms with Gasteiger partial charge in [0.25, 0.3) is 0 Å². The number of halogens is 1. The summed E-state index contributed by atoms with van der Waals surface area (Å²) in [7, 11) is 0. The number of hydrogen-bond donors (Lipinski definition) is 2. The van der Waals surface area contributed by atoms with Crippen molar-refractivity contribution in [2.75, 3.05) is 12.4 Å². The van der Waals surface area contributed by atoms with E-state index < -0.39 is 18.0 Å². The van der Waals surface area contributed by atoms with Crippen LogP contribution in [-0.4, -0.2) is 44.1 Å². The van der Waals surface area contributed by atoms with Gasteiger partial charge in [-0.15, -0.1) is 10.2 Å². The van der Waals surface area contributed by atoms with Gasteiger partial charge in [0.05, 0.1) is 18.2 Å². The third kappa shape index (κ3) is 5.07. The maximum absolute atomic E-state index is 12.9. The Hall–Kier alpha value is -3.37. The average Bonchev–Trinajstić information content (AvgIpc) is 3.26. The number of hydrogen-bond acceptors (Lipinski definition) is 7. The number of nitrogens with one attached hydrogen (secondary N) is 2. The van der Waals surface area contributed by atoms with Gasteiger partial charge in [-0.1, -0.05) is 35.5 Å². The minimum atomic E-state index is -0.669. The van der Waals surface area contributed by atoms with Gasteiger partial charge in [-0.05, 0) is 43.7 Å². The first kappa shape index (κ1) is 23.8. The molecule has 0 fully saturated rings. The minimum absolute atomic E-state index is 0.212. The van der Waals surface area contributed by atoms with Crippen molar-refractivity contribution in [3.05, 3.63) is 70.6 Å². The molecule has 0 bridgehead atoms. The zero-order chi connectivity index (χ0) is 24.1. The molecule has 2 N–H and O–H groups in total. The van der Waals surface area contributed by atoms with E-state index in [2.05, 4.69) is 25.8 Å². The van der Waals surface area contributed by atoms with Gasteiger partial charge in [-0.2, -0.15) is 0 Å². The number of benzene rings is 1. The molecular formula is C23H23ClN6O3S. The minimum Gasteiger partial charge on any atom is -0.463 e. The van der Waals surface area contributed by atoms with Gasteiger partial charge < -0.3 is 19.9 Å². The SMILES string of the molecule is CCOC(=O)C1=C(CSc2nnc(-c3ccncc3)n2CC)NC(=O)NC1c1ccc(Cl)cc1. The molecule has 4 rings (SSSR count). The summed E-state index contributed by atoms with van der Waals surface area (Å²) in [4.78, 5) is 29.5. The quantitative estimate of drug-likeness (QED) is 0.357. The van der Waals surface area contributed by atoms with Crippen molar-refractivity contribution in [3.8, 4) is 11.4 Å². The molecule has 1 aliphatic heterocycles. The smallest absolute Gasteiger partial charge is 0.338 e. The van der Waals surface area contributed by atoms with Crippen molar-refractivity contribution in [1.29, 1.82) is 0 Å². The van der Waals surface area contributed by atoms with Gasteiger partial charge in [0.15, 0.2) is 11.0 Å². The van der Waals surface area contributed by atoms with Crippen molar-refractivity contribution in [2.24, 2.45) is 0 Å². The molecule has 9 nitrogen and oxygen atoms in total. The topological polar surface area (TPSA) is 111 Å². The number of urea groups is 1. The number of aromatic nitrogens is 4. The molecular weight excluding hydrogens is 476 g/mol. The van der Waals surface area contributed by atoms with E-state index in [-0.39, 0.29) is 6.61 Å². The number of rotatable bonds is 8. The van der Waals surface area contributed by atoms with Gasteiger partial charge in [0.1, 0.15) is 0 Å². The highest BCUT2D eigenvalue weighted by atomic mass is 35.5. The molecule has 2 amide bonds. The van der Waals surface area contributed by atoms with E-state index >= 15 is 0 Å². The van der Waals surface area contributed by atoms with E-state index in [1.54, 1.807) is 43.6 Å². The van der Waals surface area contributed by atoms with Gasteiger partial charge in [0.2, 0.25) is 0 Å². The van der Waals surface area contributed by atoms with Crippen LogP contribution in [0.5, 0.6) is 0 Å². The number of carbonyl (C=O) groups is 2. The molecule has 1 unspecified atom stereocenters. The van der Waals surface area contributed by atoms with Gasteiger partial charge in [0, 0.05) is 41.0 Å². The average molecular weight is 499 g/mol. The molecule has 2 aromatic heterocycles. The first-order chi connectivity index (χ1) is 16.5. The summed E-state index contributed by atoms with van der Waals surface area (Å²) >= 11 is 7.40. The lowest BCUT2D eigenvalue weighted by molar-refractivity contribution is -0.139. The summed E-state index contributed by atoms with van der Waals surface area (Å²) in [5, 5.41) is 15.5. The Kier molecular flexibility index (Phi) is 7.49. The van der Waals surface area contributed by atoms with Crippen molar-refractivity contribution < 1.29 is 14.3 Å². The van der Waals surface area contributed by atoms with E-state index in [0.717, 1.165) is 17.0 Å². The second-order valence-corrected chi connectivity index (χ2v) is 8.65. The molecule has 3 heterocycles. The summed E-state index contributed by atoms with van der Waals surface area (Å²) in [6, 6.07) is 9.65. The highest BCUT2D eigenvalue weighted by molar-refractivity contribution is 7.99. The Morgan fingerprint density at radius 1 is 1.15 bits per heavy atom. The maximum Gasteiger partial charge on any atom is 0.338 e. The van der Waals surface area contributed by atoms with Crippen molar-refractivity contribution >= 4 is 35.4 Å². The summed E-state index contributed by atoms with van der Waals surface area (Å²) in [6.07, 6.45) is 3.41. The van der Waals surface area contributed by atoms with Crippen LogP contribution in [-0.2, 0) is 16.1 Å². The van der Waals surface area contributed by atoms with Crippen LogP contribution in [0.15, 0.2) is 65.2 Å². The van der Waals surface area contributed by atoms with Gasteiger partial charge >= 0.3 is 12.0 Å². The molecule has 0 saturated carbocycles. The monoisotopic (exact) mass is 498 g/mol. The molecule has 11 heteroatoms. The molecule has 1 aromatic carbocycles. The molecule has 0 saturated heterocycles. The largest absolute Gasteiger partial charge is 0.463 e. The predicted octanol–water partition coefficient (Wildman–Crippen LogP) is 3.98. The Balaban J connectivity index is 1.67. The fraction of sp³-hybridized carbons (Fsp3) is 0.261. The van der Waals surface area contributed by atoms with E-state index in [4.69, 9.17) is 16.3 Å². The number of nitrogens with zero attached hydrogens (tertiary/aromatic N) is 4. The molecule has 34 heavy (non-hydrogen) atoms. The third-order valence-electron chi connectivity index (χ3n) is 5.17. The number of carbonyl (C=O) groups excluding carboxylic acids is 2. The maximum atomic E-state index is 12.9. The lowest BCUT2D eigenvalue weighted by Crippen LogP contribution is -2.46. The molecule has 0 radical (unpaired) electrons. The zero-order valence-corrected chi connectivity index (χ0v) is 20.2. The summed E-state index contributed by atoms with van der Waals surface area (Å²) < 4.78 is 7.30. The van der Waals surface area contributed by atoms with E-state index in [1.165, 1.54) is 11.8 Å². The number of esters is 1. The van der Waals surface area contributed by atoms with E-state index in [9.17, 15) is 9.59 Å². The summed E-state index contributed by atoms with van der Waals surface area (Å²) in [5.41, 5.74) is 2.43. The van der Waals surface area contributed by atoms with Crippen molar-refractivity contribution in [2.45, 2.75) is 31.6 Å². The molecule has 0 aliphatic carbocycles. The van der Waals surface area contributed by atoms with Crippen LogP contribution in [0.25, 0.3) is 11.4 Å². The first-order valence-electron chi connectivity index (χ1n) is 10.7. The lowest BCUT2D eigenvalue weighted by Gasteiger charge is -2.29. The van der Waals surface area contributed by atoms with Gasteiger partial charge in [-0.25, -0.2) is 9.59 Å². The van der Waals surface area contributed by atoms with Crippen LogP contribution >= 0.6 is 23.4 Å². The zero-order valence-electron chi connectivity index (χ0n) is 18.6. The Morgan fingerprint density at radius 3 is 2.56 bits per heavy atom. The Labute approximate surface area is 206 Å². The Morgan fingerprint density at radius 2 is 1.88 bits per heavy atom. The summed E-state index contributed by atoms with van der Waals surface area (Å²) in [6.45, 7) is 4.61. The number of pyridine rings is 1. The van der Waals surface area contributed by atoms with Crippen LogP contribution < -0.4 is 10.6 Å². The first-order valence-corrected chi connectivity index (χ1v) is 12.1. The predicted molar refractivity (Wildman–Crippen MR) is 129 cm³/mol. The fourth-order valence-corrected chi connectivity index (χ4v) is 4.72. The normalized spacial score (nSPS) is 15.6. The molecule has 1 atom stereocenters. The fourth-order valence-electron chi connectivity index (χ4n) is 3.62. The van der Waals surface area contributed by atoms with Crippen LogP contribution in [0, 0.1) is 0 Å². The number of amides is 2. The number of thioether (sulfide) groups is 1. The van der Waals surface area contributed by atoms with E-state index in [1.807, 2.05) is 23.6 Å². The summed E-state index contributed by atoms with van der Waals surface area (Å²) in [5.74, 6) is 0.514. The van der Waals surface area contributed by atoms with Crippen molar-refractivity contribution in [1.82, 2.24) is 30.4 Å². The molecule has 176 valence electrons. The van der Waals surface area contributed by atoms with E-state index in [0.29, 0.717) is 33.7 Å². The lowest BCUT2D eigenvalue weighted by atomic mass is 9.95. The Bertz CT molecular complexity index is 1210. The molecule has 3 aromatic rings. The molecule has 0 spiro atoms. The second-order valence-electron chi connectivity index (χ2n) is 7.27. The molecule has 1 aliphatic rings. The second kappa shape index (κ2) is 10.7. The highest BCUT2D eigenvalue weighted by Crippen LogP contribution is 2.32. The van der Waals surface area contributed by atoms with Crippen LogP contribution in [0.3, 0.4) is 0 Å². The van der Waals surface area contributed by atoms with Crippen molar-refractivity contribution in [3.63, 3.8) is 0 Å². The standard InChI is InChI=1S/C23H23ClN6O3S/c1-3-30-20(15-9-11-25-12-10-15)28-29-23(30)34-13-17-18(21(31)33-4-2)19(27-22(32)26-17)14-5-7-16(24)8-6-14/h5-12,19H,3-4,13H2,1-2H3,(H2,26,27,32). The van der Waals surface area contributed by atoms with Gasteiger partial charge in [-0.3, -0.25) is 4.98 Å². The number of ether oxygens (including phenoxy) is 1.